The van der Waals surface area contributed by atoms with Gasteiger partial charge < -0.3 is 9.32 Å². The lowest BCUT2D eigenvalue weighted by molar-refractivity contribution is 0.382. The minimum Gasteiger partial charge on any atom is -0.456 e. The Bertz CT molecular complexity index is 3280. The van der Waals surface area contributed by atoms with Crippen molar-refractivity contribution in [2.24, 2.45) is 9.98 Å². The van der Waals surface area contributed by atoms with Gasteiger partial charge in [-0.2, -0.15) is 0 Å². The van der Waals surface area contributed by atoms with E-state index < -0.39 is 0 Å². The predicted molar refractivity (Wildman–Crippen MR) is 255 cm³/mol. The number of rotatable bonds is 8. The van der Waals surface area contributed by atoms with Crippen molar-refractivity contribution < 1.29 is 4.42 Å². The smallest absolute Gasteiger partial charge is 0.159 e. The topological polar surface area (TPSA) is 54.0 Å². The van der Waals surface area contributed by atoms with Gasteiger partial charge in [0.25, 0.3) is 0 Å². The van der Waals surface area contributed by atoms with E-state index in [1.165, 1.54) is 22.3 Å². The van der Waals surface area contributed by atoms with Crippen LogP contribution in [0.4, 0.5) is 0 Å². The molecular formula is C57H40N4O. The van der Waals surface area contributed by atoms with Crippen LogP contribution in [0.15, 0.2) is 233 Å². The second kappa shape index (κ2) is 15.8. The van der Waals surface area contributed by atoms with E-state index in [4.69, 9.17) is 19.4 Å². The molecule has 1 aliphatic rings. The average Bonchev–Trinajstić information content (AvgIpc) is 3.73. The molecule has 0 radical (unpaired) electrons. The summed E-state index contributed by atoms with van der Waals surface area (Å²) in [5, 5.41) is 2.12. The normalized spacial score (nSPS) is 13.9. The van der Waals surface area contributed by atoms with E-state index in [1.807, 2.05) is 30.3 Å². The first-order chi connectivity index (χ1) is 30.6. The standard InChI is InChI=1S/C57H40N4O/c1-61-56(43-22-12-5-13-23-43)59-55(42-20-10-4-11-21-42)60-57(61)51-37-47(39-18-8-3-9-19-39)36-50(58-51)46-32-33-52-49(35-46)54-48(26-15-27-53(54)62-52)41-30-28-40(29-31-41)45-25-14-24-44(34-45)38-16-6-2-7-17-38/h2-37,56H,1H3. The number of benzene rings is 8. The zero-order valence-corrected chi connectivity index (χ0v) is 34.1. The summed E-state index contributed by atoms with van der Waals surface area (Å²) in [5.74, 6) is 1.42. The molecule has 0 spiro atoms. The fourth-order valence-corrected chi connectivity index (χ4v) is 8.58. The van der Waals surface area contributed by atoms with Crippen molar-refractivity contribution >= 4 is 33.6 Å². The number of pyridine rings is 1. The van der Waals surface area contributed by atoms with Crippen LogP contribution in [-0.2, 0) is 0 Å². The van der Waals surface area contributed by atoms with E-state index in [-0.39, 0.29) is 6.17 Å². The van der Waals surface area contributed by atoms with Gasteiger partial charge in [0, 0.05) is 28.9 Å². The minimum atomic E-state index is -0.287. The van der Waals surface area contributed by atoms with Crippen molar-refractivity contribution in [3.63, 3.8) is 0 Å². The first kappa shape index (κ1) is 36.9. The maximum absolute atomic E-state index is 6.53. The van der Waals surface area contributed by atoms with Crippen LogP contribution in [0, 0.1) is 0 Å². The third kappa shape index (κ3) is 6.95. The fraction of sp³-hybridized carbons (Fsp3) is 0.0351. The molecular weight excluding hydrogens is 757 g/mol. The number of furan rings is 1. The van der Waals surface area contributed by atoms with Crippen LogP contribution in [0.3, 0.4) is 0 Å². The highest BCUT2D eigenvalue weighted by atomic mass is 16.3. The van der Waals surface area contributed by atoms with Crippen LogP contribution in [0.1, 0.15) is 23.0 Å². The highest BCUT2D eigenvalue weighted by Gasteiger charge is 2.28. The highest BCUT2D eigenvalue weighted by molar-refractivity contribution is 6.14. The van der Waals surface area contributed by atoms with Crippen molar-refractivity contribution in [3.05, 3.63) is 235 Å². The van der Waals surface area contributed by atoms with Gasteiger partial charge in [0.1, 0.15) is 16.9 Å². The molecule has 0 bridgehead atoms. The van der Waals surface area contributed by atoms with Crippen LogP contribution in [0.2, 0.25) is 0 Å². The summed E-state index contributed by atoms with van der Waals surface area (Å²) in [6.07, 6.45) is -0.287. The summed E-state index contributed by atoms with van der Waals surface area (Å²) in [7, 11) is 2.05. The Kier molecular flexibility index (Phi) is 9.40. The summed E-state index contributed by atoms with van der Waals surface area (Å²) < 4.78 is 6.53. The Morgan fingerprint density at radius 2 is 0.968 bits per heavy atom. The van der Waals surface area contributed by atoms with E-state index in [2.05, 4.69) is 200 Å². The minimum absolute atomic E-state index is 0.287. The zero-order valence-electron chi connectivity index (χ0n) is 34.1. The van der Waals surface area contributed by atoms with E-state index in [0.717, 1.165) is 78.1 Å². The van der Waals surface area contributed by atoms with Gasteiger partial charge in [-0.1, -0.05) is 176 Å². The molecule has 10 aromatic rings. The second-order valence-corrected chi connectivity index (χ2v) is 15.7. The molecule has 0 saturated carbocycles. The Morgan fingerprint density at radius 1 is 0.419 bits per heavy atom. The van der Waals surface area contributed by atoms with Gasteiger partial charge in [0.05, 0.1) is 5.69 Å². The molecule has 62 heavy (non-hydrogen) atoms. The molecule has 0 amide bonds. The molecule has 0 saturated heterocycles. The van der Waals surface area contributed by atoms with Gasteiger partial charge in [0.15, 0.2) is 17.8 Å². The summed E-state index contributed by atoms with van der Waals surface area (Å²) >= 11 is 0. The fourth-order valence-electron chi connectivity index (χ4n) is 8.58. The third-order valence-corrected chi connectivity index (χ3v) is 11.7. The molecule has 8 aromatic carbocycles. The summed E-state index contributed by atoms with van der Waals surface area (Å²) in [5.41, 5.74) is 15.5. The molecule has 1 aliphatic heterocycles. The average molecular weight is 797 g/mol. The van der Waals surface area contributed by atoms with Crippen LogP contribution in [0.25, 0.3) is 77.7 Å². The first-order valence-electron chi connectivity index (χ1n) is 20.9. The van der Waals surface area contributed by atoms with Crippen molar-refractivity contribution in [1.82, 2.24) is 9.88 Å². The lowest BCUT2D eigenvalue weighted by Crippen LogP contribution is -2.36. The van der Waals surface area contributed by atoms with E-state index in [0.29, 0.717) is 5.84 Å². The summed E-state index contributed by atoms with van der Waals surface area (Å²) in [6.45, 7) is 0. The maximum atomic E-state index is 6.53. The maximum Gasteiger partial charge on any atom is 0.159 e. The monoisotopic (exact) mass is 796 g/mol. The molecule has 0 N–H and O–H groups in total. The molecule has 11 rings (SSSR count). The number of amidine groups is 2. The molecule has 1 unspecified atom stereocenters. The van der Waals surface area contributed by atoms with E-state index >= 15 is 0 Å². The van der Waals surface area contributed by atoms with E-state index in [9.17, 15) is 0 Å². The molecule has 1 atom stereocenters. The SMILES string of the molecule is CN1C(c2cc(-c3ccccc3)cc(-c3ccc4oc5cccc(-c6ccc(-c7cccc(-c8ccccc8)c7)cc6)c5c4c3)n2)=NC(c2ccccc2)=NC1c1ccccc1. The Balaban J connectivity index is 1.02. The van der Waals surface area contributed by atoms with Gasteiger partial charge in [0.2, 0.25) is 0 Å². The first-order valence-corrected chi connectivity index (χ1v) is 20.9. The van der Waals surface area contributed by atoms with Crippen LogP contribution >= 0.6 is 0 Å². The number of hydrogen-bond acceptors (Lipinski definition) is 5. The number of aromatic nitrogens is 1. The number of nitrogens with zero attached hydrogens (tertiary/aromatic N) is 4. The molecule has 2 aromatic heterocycles. The second-order valence-electron chi connectivity index (χ2n) is 15.7. The lowest BCUT2D eigenvalue weighted by atomic mass is 9.95. The number of hydrogen-bond donors (Lipinski definition) is 0. The lowest BCUT2D eigenvalue weighted by Gasteiger charge is -2.32. The largest absolute Gasteiger partial charge is 0.456 e. The molecule has 0 aliphatic carbocycles. The van der Waals surface area contributed by atoms with Crippen LogP contribution in [-0.4, -0.2) is 28.6 Å². The summed E-state index contributed by atoms with van der Waals surface area (Å²) in [4.78, 5) is 18.0. The van der Waals surface area contributed by atoms with Crippen molar-refractivity contribution in [2.75, 3.05) is 7.05 Å². The molecule has 294 valence electrons. The molecule has 5 heteroatoms. The van der Waals surface area contributed by atoms with Gasteiger partial charge in [-0.05, 0) is 92.5 Å². The Hall–Kier alpha value is -8.15. The molecule has 3 heterocycles. The van der Waals surface area contributed by atoms with Gasteiger partial charge >= 0.3 is 0 Å². The van der Waals surface area contributed by atoms with Crippen molar-refractivity contribution in [2.45, 2.75) is 6.17 Å². The van der Waals surface area contributed by atoms with Crippen LogP contribution in [0.5, 0.6) is 0 Å². The Morgan fingerprint density at radius 3 is 1.66 bits per heavy atom. The quantitative estimate of drug-likeness (QED) is 0.154. The zero-order chi connectivity index (χ0) is 41.4. The number of fused-ring (bicyclic) bond motifs is 3. The van der Waals surface area contributed by atoms with Gasteiger partial charge in [-0.15, -0.1) is 0 Å². The highest BCUT2D eigenvalue weighted by Crippen LogP contribution is 2.40. The predicted octanol–water partition coefficient (Wildman–Crippen LogP) is 14.2. The van der Waals surface area contributed by atoms with Gasteiger partial charge in [-0.25, -0.2) is 15.0 Å². The van der Waals surface area contributed by atoms with E-state index in [1.54, 1.807) is 0 Å². The van der Waals surface area contributed by atoms with Gasteiger partial charge in [-0.3, -0.25) is 0 Å². The molecule has 0 fully saturated rings. The number of aliphatic imine (C=N–C) groups is 2. The third-order valence-electron chi connectivity index (χ3n) is 11.7. The Labute approximate surface area is 360 Å². The summed E-state index contributed by atoms with van der Waals surface area (Å²) in [6, 6.07) is 76.2. The van der Waals surface area contributed by atoms with Crippen LogP contribution < -0.4 is 0 Å². The van der Waals surface area contributed by atoms with Crippen molar-refractivity contribution in [3.8, 4) is 55.8 Å². The van der Waals surface area contributed by atoms with Crippen molar-refractivity contribution in [1.29, 1.82) is 0 Å². The molecule has 5 nitrogen and oxygen atoms in total.